The van der Waals surface area contributed by atoms with Crippen LogP contribution in [0.15, 0.2) is 65.7 Å². The number of anilines is 5. The highest BCUT2D eigenvalue weighted by atomic mass is 35.5. The molecular formula is C46H54ClN9O8S. The number of halogens is 1. The van der Waals surface area contributed by atoms with Crippen molar-refractivity contribution in [3.8, 4) is 5.75 Å². The number of aromatic nitrogens is 2. The fourth-order valence-corrected chi connectivity index (χ4v) is 9.63. The average molecular weight is 929 g/mol. The van der Waals surface area contributed by atoms with Crippen molar-refractivity contribution in [2.24, 2.45) is 0 Å². The van der Waals surface area contributed by atoms with Gasteiger partial charge in [0.05, 0.1) is 51.5 Å². The van der Waals surface area contributed by atoms with Crippen molar-refractivity contribution in [2.45, 2.75) is 94.9 Å². The molecule has 65 heavy (non-hydrogen) atoms. The lowest BCUT2D eigenvalue weighted by molar-refractivity contribution is -0.136. The lowest BCUT2D eigenvalue weighted by atomic mass is 9.86. The number of hydrogen-bond donors (Lipinski definition) is 5. The van der Waals surface area contributed by atoms with E-state index < -0.39 is 44.8 Å². The molecule has 2 saturated heterocycles. The topological polar surface area (TPSA) is 221 Å². The molecule has 4 aromatic rings. The summed E-state index contributed by atoms with van der Waals surface area (Å²) < 4.78 is 32.5. The summed E-state index contributed by atoms with van der Waals surface area (Å²) in [5, 5.41) is 14.4. The summed E-state index contributed by atoms with van der Waals surface area (Å²) in [6.07, 6.45) is 3.69. The summed E-state index contributed by atoms with van der Waals surface area (Å²) in [6.45, 7) is 11.8. The van der Waals surface area contributed by atoms with Gasteiger partial charge in [-0.2, -0.15) is 4.98 Å². The molecule has 0 radical (unpaired) electrons. The van der Waals surface area contributed by atoms with Gasteiger partial charge in [-0.3, -0.25) is 39.1 Å². The first kappa shape index (κ1) is 46.9. The molecule has 5 amide bonds. The van der Waals surface area contributed by atoms with Gasteiger partial charge in [-0.15, -0.1) is 0 Å². The molecule has 2 fully saturated rings. The number of likely N-dealkylation sites (tertiary alicyclic amines) is 1. The zero-order valence-corrected chi connectivity index (χ0v) is 38.6. The number of para-hydroxylation sites is 1. The van der Waals surface area contributed by atoms with Gasteiger partial charge in [-0.05, 0) is 127 Å². The van der Waals surface area contributed by atoms with Crippen LogP contribution < -0.4 is 31.3 Å². The van der Waals surface area contributed by atoms with Crippen molar-refractivity contribution in [1.29, 1.82) is 0 Å². The van der Waals surface area contributed by atoms with Crippen molar-refractivity contribution in [2.75, 3.05) is 48.7 Å². The number of hydrogen-bond acceptors (Lipinski definition) is 14. The molecule has 1 aromatic heterocycles. The minimum Gasteiger partial charge on any atom is -0.489 e. The molecule has 0 aliphatic carbocycles. The fourth-order valence-electron chi connectivity index (χ4n) is 8.29. The number of imide groups is 2. The minimum absolute atomic E-state index is 0.0445. The number of carbonyl (C=O) groups is 5. The highest BCUT2D eigenvalue weighted by Crippen LogP contribution is 2.39. The Morgan fingerprint density at radius 1 is 0.923 bits per heavy atom. The first-order valence-electron chi connectivity index (χ1n) is 21.8. The molecule has 19 heteroatoms. The molecule has 0 saturated carbocycles. The normalized spacial score (nSPS) is 17.0. The summed E-state index contributed by atoms with van der Waals surface area (Å²) in [4.78, 5) is 75.8. The second-order valence-electron chi connectivity index (χ2n) is 17.0. The van der Waals surface area contributed by atoms with E-state index in [1.54, 1.807) is 56.3 Å². The number of piperidine rings is 2. The molecule has 17 nitrogen and oxygen atoms in total. The molecule has 1 unspecified atom stereocenters. The number of benzene rings is 3. The number of aryl methyl sites for hydroxylation is 1. The molecule has 3 aliphatic heterocycles. The predicted octanol–water partition coefficient (Wildman–Crippen LogP) is 6.09. The van der Waals surface area contributed by atoms with E-state index in [9.17, 15) is 32.4 Å². The number of fused-ring (bicyclic) bond motifs is 1. The molecule has 0 spiro atoms. The number of carbonyl (C=O) groups excluding carboxylic acids is 5. The van der Waals surface area contributed by atoms with Crippen LogP contribution in [0.3, 0.4) is 0 Å². The second-order valence-corrected chi connectivity index (χ2v) is 19.8. The van der Waals surface area contributed by atoms with E-state index in [4.69, 9.17) is 16.3 Å². The van der Waals surface area contributed by atoms with Crippen LogP contribution in [0.1, 0.15) is 97.6 Å². The van der Waals surface area contributed by atoms with Crippen LogP contribution in [0, 0.1) is 6.92 Å². The molecule has 0 bridgehead atoms. The minimum atomic E-state index is -3.60. The van der Waals surface area contributed by atoms with Crippen LogP contribution in [-0.2, 0) is 24.2 Å². The van der Waals surface area contributed by atoms with Gasteiger partial charge in [0.1, 0.15) is 16.8 Å². The number of nitrogens with zero attached hydrogens (tertiary/aromatic N) is 4. The van der Waals surface area contributed by atoms with Crippen LogP contribution in [-0.4, -0.2) is 108 Å². The van der Waals surface area contributed by atoms with E-state index in [2.05, 4.69) is 54.4 Å². The Labute approximate surface area is 383 Å². The Bertz CT molecular complexity index is 2620. The van der Waals surface area contributed by atoms with Crippen molar-refractivity contribution < 1.29 is 37.1 Å². The highest BCUT2D eigenvalue weighted by Gasteiger charge is 2.45. The molecule has 4 heterocycles. The number of rotatable bonds is 17. The maximum absolute atomic E-state index is 13.4. The Kier molecular flexibility index (Phi) is 14.4. The largest absolute Gasteiger partial charge is 0.489 e. The molecule has 1 atom stereocenters. The van der Waals surface area contributed by atoms with Gasteiger partial charge >= 0.3 is 0 Å². The van der Waals surface area contributed by atoms with Crippen molar-refractivity contribution >= 4 is 79.8 Å². The summed E-state index contributed by atoms with van der Waals surface area (Å²) >= 11 is 6.50. The summed E-state index contributed by atoms with van der Waals surface area (Å²) in [5.74, 6) is -0.982. The van der Waals surface area contributed by atoms with Crippen molar-refractivity contribution in [3.63, 3.8) is 0 Å². The Morgan fingerprint density at radius 3 is 2.38 bits per heavy atom. The van der Waals surface area contributed by atoms with Crippen LogP contribution in [0.4, 0.5) is 28.8 Å². The number of ether oxygens (including phenoxy) is 1. The molecule has 7 rings (SSSR count). The third-order valence-corrected chi connectivity index (χ3v) is 14.1. The van der Waals surface area contributed by atoms with Crippen molar-refractivity contribution in [3.05, 3.63) is 88.1 Å². The molecule has 3 aromatic carbocycles. The van der Waals surface area contributed by atoms with Gasteiger partial charge in [-0.25, -0.2) is 13.4 Å². The standard InChI is InChI=1S/C46H54ClN9O8S/c1-26(2)64-37-23-31(28(5)22-35(37)52-46-50-24-32(47)42(54-46)51-33-11-6-7-13-38(33)65(62,63)27(3)4)29-16-20-55(21-17-29)25-40(58)49-19-9-18-48-34-12-8-10-30-41(34)45(61)56(44(30)60)36-14-15-39(57)53-43(36)59/h6-8,10-13,22-24,26-27,29,36,48H,9,14-21,25H2,1-5H3,(H,49,58)(H,53,57,59)(H2,50,51,52,54). The summed E-state index contributed by atoms with van der Waals surface area (Å²) in [7, 11) is -3.60. The molecule has 3 aliphatic rings. The van der Waals surface area contributed by atoms with Crippen molar-refractivity contribution in [1.82, 2.24) is 30.4 Å². The Morgan fingerprint density at radius 2 is 1.66 bits per heavy atom. The van der Waals surface area contributed by atoms with Gasteiger partial charge in [0.15, 0.2) is 15.7 Å². The predicted molar refractivity (Wildman–Crippen MR) is 247 cm³/mol. The van der Waals surface area contributed by atoms with E-state index in [0.717, 1.165) is 42.0 Å². The molecule has 5 N–H and O–H groups in total. The van der Waals surface area contributed by atoms with Gasteiger partial charge in [0, 0.05) is 25.2 Å². The third-order valence-electron chi connectivity index (χ3n) is 11.6. The van der Waals surface area contributed by atoms with Gasteiger partial charge in [0.2, 0.25) is 23.7 Å². The lowest BCUT2D eigenvalue weighted by Gasteiger charge is -2.33. The average Bonchev–Trinajstić information content (AvgIpc) is 3.51. The second kappa shape index (κ2) is 20.0. The van der Waals surface area contributed by atoms with E-state index in [1.165, 1.54) is 6.20 Å². The number of amides is 5. The summed E-state index contributed by atoms with van der Waals surface area (Å²) in [5.41, 5.74) is 4.08. The highest BCUT2D eigenvalue weighted by molar-refractivity contribution is 7.92. The fraction of sp³-hybridized carbons (Fsp3) is 0.413. The zero-order valence-electron chi connectivity index (χ0n) is 37.0. The number of nitrogens with one attached hydrogen (secondary N) is 5. The van der Waals surface area contributed by atoms with Gasteiger partial charge in [-0.1, -0.05) is 29.8 Å². The SMILES string of the molecule is Cc1cc(Nc2ncc(Cl)c(Nc3ccccc3S(=O)(=O)C(C)C)n2)c(OC(C)C)cc1C1CCN(CC(=O)NCCCNc2cccc3c2C(=O)N(C2CCC(=O)NC2=O)C3=O)CC1. The Balaban J connectivity index is 0.908. The van der Waals surface area contributed by atoms with E-state index in [1.807, 2.05) is 19.9 Å². The quantitative estimate of drug-likeness (QED) is 0.0598. The number of sulfone groups is 1. The smallest absolute Gasteiger partial charge is 0.264 e. The van der Waals surface area contributed by atoms with E-state index in [0.29, 0.717) is 42.3 Å². The zero-order chi connectivity index (χ0) is 46.6. The Hall–Kier alpha value is -6.11. The van der Waals surface area contributed by atoms with E-state index >= 15 is 0 Å². The maximum Gasteiger partial charge on any atom is 0.264 e. The molecule has 344 valence electrons. The van der Waals surface area contributed by atoms with Gasteiger partial charge in [0.25, 0.3) is 11.8 Å². The van der Waals surface area contributed by atoms with Crippen LogP contribution in [0.5, 0.6) is 5.75 Å². The van der Waals surface area contributed by atoms with E-state index in [-0.39, 0.29) is 70.1 Å². The monoisotopic (exact) mass is 927 g/mol. The summed E-state index contributed by atoms with van der Waals surface area (Å²) in [6, 6.07) is 14.6. The van der Waals surface area contributed by atoms with Crippen LogP contribution >= 0.6 is 11.6 Å². The first-order chi connectivity index (χ1) is 31.0. The first-order valence-corrected chi connectivity index (χ1v) is 23.7. The van der Waals surface area contributed by atoms with Crippen LogP contribution in [0.2, 0.25) is 5.02 Å². The third kappa shape index (κ3) is 10.6. The lowest BCUT2D eigenvalue weighted by Crippen LogP contribution is -2.54. The van der Waals surface area contributed by atoms with Gasteiger partial charge < -0.3 is 26.0 Å². The van der Waals surface area contributed by atoms with Crippen LogP contribution in [0.25, 0.3) is 0 Å². The molecular weight excluding hydrogens is 874 g/mol. The maximum atomic E-state index is 13.4.